The Kier molecular flexibility index (Phi) is 8.28. The predicted molar refractivity (Wildman–Crippen MR) is 130 cm³/mol. The molecule has 1 aliphatic rings. The average molecular weight is 429 g/mol. The van der Waals surface area contributed by atoms with E-state index in [0.717, 1.165) is 53.3 Å². The smallest absolute Gasteiger partial charge is 0.253 e. The highest BCUT2D eigenvalue weighted by atomic mass is 32.1. The van der Waals surface area contributed by atoms with Crippen molar-refractivity contribution < 1.29 is 0 Å². The lowest BCUT2D eigenvalue weighted by molar-refractivity contribution is 0.261. The van der Waals surface area contributed by atoms with Gasteiger partial charge in [-0.05, 0) is 68.2 Å². The molecule has 164 valence electrons. The van der Waals surface area contributed by atoms with Gasteiger partial charge in [-0.1, -0.05) is 45.2 Å². The normalized spacial score (nSPS) is 14.9. The number of aromatic nitrogens is 1. The van der Waals surface area contributed by atoms with Gasteiger partial charge in [-0.15, -0.1) is 0 Å². The highest BCUT2D eigenvalue weighted by molar-refractivity contribution is 7.80. The fourth-order valence-corrected chi connectivity index (χ4v) is 4.57. The molecule has 0 amide bonds. The summed E-state index contributed by atoms with van der Waals surface area (Å²) in [6.45, 7) is 10.7. The van der Waals surface area contributed by atoms with Gasteiger partial charge in [0.2, 0.25) is 0 Å². The first-order chi connectivity index (χ1) is 14.5. The van der Waals surface area contributed by atoms with Crippen LogP contribution in [0.2, 0.25) is 0 Å². The van der Waals surface area contributed by atoms with Crippen molar-refractivity contribution in [2.24, 2.45) is 0 Å². The van der Waals surface area contributed by atoms with E-state index in [1.807, 2.05) is 19.1 Å². The van der Waals surface area contributed by atoms with Crippen LogP contribution in [-0.2, 0) is 6.54 Å². The number of likely N-dealkylation sites (N-methyl/N-ethyl adjacent to an activating group) is 1. The van der Waals surface area contributed by atoms with Crippen LogP contribution in [-0.4, -0.2) is 52.1 Å². The summed E-state index contributed by atoms with van der Waals surface area (Å²) in [5.41, 5.74) is 2.77. The van der Waals surface area contributed by atoms with Crippen molar-refractivity contribution in [3.63, 3.8) is 0 Å². The van der Waals surface area contributed by atoms with E-state index in [9.17, 15) is 4.79 Å². The second-order valence-corrected chi connectivity index (χ2v) is 8.83. The van der Waals surface area contributed by atoms with Crippen LogP contribution < -0.4 is 10.9 Å². The van der Waals surface area contributed by atoms with Crippen LogP contribution in [0.3, 0.4) is 0 Å². The zero-order chi connectivity index (χ0) is 21.5. The van der Waals surface area contributed by atoms with Crippen molar-refractivity contribution in [3.05, 3.63) is 45.7 Å². The Labute approximate surface area is 185 Å². The molecule has 1 fully saturated rings. The van der Waals surface area contributed by atoms with Crippen LogP contribution in [0.25, 0.3) is 10.9 Å². The fourth-order valence-electron chi connectivity index (χ4n) is 4.25. The number of nitrogens with zero attached hydrogens (tertiary/aromatic N) is 2. The first-order valence-electron chi connectivity index (χ1n) is 11.4. The molecule has 5 nitrogen and oxygen atoms in total. The van der Waals surface area contributed by atoms with Crippen molar-refractivity contribution in [1.82, 2.24) is 20.1 Å². The summed E-state index contributed by atoms with van der Waals surface area (Å²) in [7, 11) is 0. The molecule has 0 aliphatic heterocycles. The molecule has 1 heterocycles. The summed E-state index contributed by atoms with van der Waals surface area (Å²) in [5, 5.41) is 5.43. The molecule has 1 aromatic heterocycles. The number of benzene rings is 1. The Hall–Kier alpha value is -1.92. The SMILES string of the molecule is CCN(CC)CCN(Cc1cc2ccc(C)cc2[nH]c1=O)C(=S)NC1CCCCC1. The summed E-state index contributed by atoms with van der Waals surface area (Å²) < 4.78 is 0. The van der Waals surface area contributed by atoms with Crippen molar-refractivity contribution in [2.75, 3.05) is 26.2 Å². The number of hydrogen-bond donors (Lipinski definition) is 2. The number of nitrogens with one attached hydrogen (secondary N) is 2. The molecule has 3 rings (SSSR count). The predicted octanol–water partition coefficient (Wildman–Crippen LogP) is 4.19. The van der Waals surface area contributed by atoms with Gasteiger partial charge in [-0.3, -0.25) is 4.79 Å². The summed E-state index contributed by atoms with van der Waals surface area (Å²) in [4.78, 5) is 20.4. The third-order valence-corrected chi connectivity index (χ3v) is 6.62. The molecule has 1 aliphatic carbocycles. The maximum atomic E-state index is 12.8. The number of aryl methyl sites for hydroxylation is 1. The third-order valence-electron chi connectivity index (χ3n) is 6.24. The lowest BCUT2D eigenvalue weighted by Crippen LogP contribution is -2.47. The first kappa shape index (κ1) is 22.8. The second-order valence-electron chi connectivity index (χ2n) is 8.45. The van der Waals surface area contributed by atoms with Crippen molar-refractivity contribution in [3.8, 4) is 0 Å². The molecule has 0 bridgehead atoms. The zero-order valence-electron chi connectivity index (χ0n) is 18.7. The zero-order valence-corrected chi connectivity index (χ0v) is 19.5. The van der Waals surface area contributed by atoms with Crippen LogP contribution in [0.15, 0.2) is 29.1 Å². The van der Waals surface area contributed by atoms with E-state index in [0.29, 0.717) is 12.6 Å². The van der Waals surface area contributed by atoms with Crippen molar-refractivity contribution in [2.45, 2.75) is 65.5 Å². The molecule has 6 heteroatoms. The maximum absolute atomic E-state index is 12.8. The molecule has 2 N–H and O–H groups in total. The van der Waals surface area contributed by atoms with Crippen LogP contribution in [0.1, 0.15) is 57.1 Å². The molecule has 30 heavy (non-hydrogen) atoms. The Morgan fingerprint density at radius 1 is 1.13 bits per heavy atom. The molecule has 0 atom stereocenters. The van der Waals surface area contributed by atoms with Crippen LogP contribution in [0.5, 0.6) is 0 Å². The Morgan fingerprint density at radius 3 is 2.57 bits per heavy atom. The van der Waals surface area contributed by atoms with E-state index in [-0.39, 0.29) is 5.56 Å². The minimum absolute atomic E-state index is 0.0265. The van der Waals surface area contributed by atoms with E-state index < -0.39 is 0 Å². The number of pyridine rings is 1. The summed E-state index contributed by atoms with van der Waals surface area (Å²) in [6.07, 6.45) is 6.22. The van der Waals surface area contributed by atoms with Gasteiger partial charge in [-0.2, -0.15) is 0 Å². The Balaban J connectivity index is 1.79. The molecule has 2 aromatic rings. The molecule has 1 saturated carbocycles. The average Bonchev–Trinajstić information content (AvgIpc) is 2.74. The van der Waals surface area contributed by atoms with Gasteiger partial charge < -0.3 is 20.1 Å². The van der Waals surface area contributed by atoms with Gasteiger partial charge in [0.15, 0.2) is 5.11 Å². The number of H-pyrrole nitrogens is 1. The summed E-state index contributed by atoms with van der Waals surface area (Å²) in [6, 6.07) is 8.65. The molecule has 0 unspecified atom stereocenters. The fraction of sp³-hybridized carbons (Fsp3) is 0.583. The molecular formula is C24H36N4OS. The molecule has 0 radical (unpaired) electrons. The number of aromatic amines is 1. The maximum Gasteiger partial charge on any atom is 0.253 e. The lowest BCUT2D eigenvalue weighted by atomic mass is 9.96. The highest BCUT2D eigenvalue weighted by Gasteiger charge is 2.19. The standard InChI is InChI=1S/C24H36N4OS/c1-4-27(5-2)13-14-28(24(30)25-21-9-7-6-8-10-21)17-20-16-19-12-11-18(3)15-22(19)26-23(20)29/h11-12,15-16,21H,4-10,13-14,17H2,1-3H3,(H,25,30)(H,26,29). The number of thiocarbonyl (C=S) groups is 1. The second kappa shape index (κ2) is 10.9. The van der Waals surface area contributed by atoms with Gasteiger partial charge in [-0.25, -0.2) is 0 Å². The quantitative estimate of drug-likeness (QED) is 0.618. The molecular weight excluding hydrogens is 392 g/mol. The van der Waals surface area contributed by atoms with Gasteiger partial charge in [0.25, 0.3) is 5.56 Å². The van der Waals surface area contributed by atoms with Crippen LogP contribution >= 0.6 is 12.2 Å². The van der Waals surface area contributed by atoms with E-state index in [4.69, 9.17) is 12.2 Å². The number of fused-ring (bicyclic) bond motifs is 1. The summed E-state index contributed by atoms with van der Waals surface area (Å²) >= 11 is 5.82. The monoisotopic (exact) mass is 428 g/mol. The summed E-state index contributed by atoms with van der Waals surface area (Å²) in [5.74, 6) is 0. The first-order valence-corrected chi connectivity index (χ1v) is 11.8. The number of rotatable bonds is 8. The Bertz CT molecular complexity index is 900. The largest absolute Gasteiger partial charge is 0.360 e. The molecule has 0 saturated heterocycles. The van der Waals surface area contributed by atoms with E-state index in [2.05, 4.69) is 46.1 Å². The minimum atomic E-state index is -0.0265. The van der Waals surface area contributed by atoms with Gasteiger partial charge >= 0.3 is 0 Å². The van der Waals surface area contributed by atoms with Gasteiger partial charge in [0.05, 0.1) is 6.54 Å². The van der Waals surface area contributed by atoms with Crippen molar-refractivity contribution in [1.29, 1.82) is 0 Å². The van der Waals surface area contributed by atoms with Gasteiger partial charge in [0, 0.05) is 30.2 Å². The molecule has 0 spiro atoms. The topological polar surface area (TPSA) is 51.4 Å². The van der Waals surface area contributed by atoms with E-state index >= 15 is 0 Å². The Morgan fingerprint density at radius 2 is 1.87 bits per heavy atom. The number of hydrogen-bond acceptors (Lipinski definition) is 3. The molecule has 1 aromatic carbocycles. The van der Waals surface area contributed by atoms with E-state index in [1.54, 1.807) is 0 Å². The van der Waals surface area contributed by atoms with Gasteiger partial charge in [0.1, 0.15) is 0 Å². The minimum Gasteiger partial charge on any atom is -0.360 e. The van der Waals surface area contributed by atoms with Crippen LogP contribution in [0, 0.1) is 6.92 Å². The lowest BCUT2D eigenvalue weighted by Gasteiger charge is -2.32. The third kappa shape index (κ3) is 6.05. The highest BCUT2D eigenvalue weighted by Crippen LogP contribution is 2.18. The van der Waals surface area contributed by atoms with Crippen LogP contribution in [0.4, 0.5) is 0 Å². The van der Waals surface area contributed by atoms with E-state index in [1.165, 1.54) is 32.1 Å². The van der Waals surface area contributed by atoms with Crippen molar-refractivity contribution >= 4 is 28.2 Å².